The average Bonchev–Trinajstić information content (AvgIpc) is 2.24. The highest BCUT2D eigenvalue weighted by molar-refractivity contribution is 9.10. The van der Waals surface area contributed by atoms with Crippen molar-refractivity contribution in [3.63, 3.8) is 0 Å². The Labute approximate surface area is 93.8 Å². The lowest BCUT2D eigenvalue weighted by Crippen LogP contribution is -2.09. The fourth-order valence-corrected chi connectivity index (χ4v) is 1.67. The molecule has 1 aromatic carbocycles. The van der Waals surface area contributed by atoms with E-state index in [1.807, 2.05) is 0 Å². The molecule has 0 spiro atoms. The molecule has 0 bridgehead atoms. The molecule has 2 N–H and O–H groups in total. The molecule has 1 heterocycles. The van der Waals surface area contributed by atoms with Crippen LogP contribution in [0, 0.1) is 0 Å². The number of nitrogens with two attached hydrogens (primary N) is 1. The number of halogens is 1. The topological polar surface area (TPSA) is 65.5 Å². The van der Waals surface area contributed by atoms with Gasteiger partial charge in [0.05, 0.1) is 12.5 Å². The van der Waals surface area contributed by atoms with E-state index in [1.165, 1.54) is 7.11 Å². The lowest BCUT2D eigenvalue weighted by atomic mass is 10.2. The fraction of sp³-hybridized carbons (Fsp3) is 0.100. The summed E-state index contributed by atoms with van der Waals surface area (Å²) in [6.07, 6.45) is 0. The molecule has 0 amide bonds. The van der Waals surface area contributed by atoms with Crippen molar-refractivity contribution in [3.05, 3.63) is 32.9 Å². The summed E-state index contributed by atoms with van der Waals surface area (Å²) in [5, 5.41) is 0.433. The molecule has 0 aliphatic carbocycles. The van der Waals surface area contributed by atoms with Crippen molar-refractivity contribution in [1.29, 1.82) is 0 Å². The number of nitrogen functional groups attached to an aromatic ring is 1. The van der Waals surface area contributed by atoms with Gasteiger partial charge >= 0.3 is 5.95 Å². The zero-order valence-electron chi connectivity index (χ0n) is 7.91. The van der Waals surface area contributed by atoms with E-state index < -0.39 is 0 Å². The molecule has 0 saturated carbocycles. The molecule has 5 heteroatoms. The van der Waals surface area contributed by atoms with Gasteiger partial charge in [0.15, 0.2) is 5.69 Å². The van der Waals surface area contributed by atoms with E-state index in [0.717, 1.165) is 4.47 Å². The molecule has 0 saturated heterocycles. The summed E-state index contributed by atoms with van der Waals surface area (Å²) in [5.74, 6) is 0.0508. The number of ether oxygens (including phenoxy) is 1. The molecular formula is C10H8BrNO3. The zero-order valence-corrected chi connectivity index (χ0v) is 9.50. The van der Waals surface area contributed by atoms with Gasteiger partial charge in [0, 0.05) is 4.47 Å². The monoisotopic (exact) mass is 269 g/mol. The summed E-state index contributed by atoms with van der Waals surface area (Å²) in [4.78, 5) is 11.8. The van der Waals surface area contributed by atoms with Crippen LogP contribution in [0.15, 0.2) is 31.9 Å². The van der Waals surface area contributed by atoms with Gasteiger partial charge in [-0.3, -0.25) is 4.79 Å². The van der Waals surface area contributed by atoms with Crippen LogP contribution in [0.2, 0.25) is 0 Å². The molecule has 0 unspecified atom stereocenters. The smallest absolute Gasteiger partial charge is 0.312 e. The first-order valence-corrected chi connectivity index (χ1v) is 4.98. The summed E-state index contributed by atoms with van der Waals surface area (Å²) in [6, 6.07) is 5.13. The van der Waals surface area contributed by atoms with Crippen LogP contribution in [-0.2, 0) is 0 Å². The van der Waals surface area contributed by atoms with Crippen molar-refractivity contribution < 1.29 is 9.15 Å². The Morgan fingerprint density at radius 2 is 2.20 bits per heavy atom. The van der Waals surface area contributed by atoms with E-state index in [9.17, 15) is 4.79 Å². The Morgan fingerprint density at radius 3 is 2.87 bits per heavy atom. The van der Waals surface area contributed by atoms with Crippen molar-refractivity contribution in [1.82, 2.24) is 0 Å². The van der Waals surface area contributed by atoms with Gasteiger partial charge in [-0.15, -0.1) is 0 Å². The van der Waals surface area contributed by atoms with E-state index in [-0.39, 0.29) is 17.1 Å². The average molecular weight is 270 g/mol. The highest BCUT2D eigenvalue weighted by atomic mass is 79.9. The molecule has 78 valence electrons. The van der Waals surface area contributed by atoms with E-state index in [2.05, 4.69) is 15.9 Å². The largest absolute Gasteiger partial charge is 0.467 e. The Kier molecular flexibility index (Phi) is 2.40. The van der Waals surface area contributed by atoms with Crippen LogP contribution >= 0.6 is 15.9 Å². The summed E-state index contributed by atoms with van der Waals surface area (Å²) in [6.45, 7) is 0. The maximum atomic E-state index is 11.8. The number of methoxy groups -OCH3 is 1. The molecule has 0 atom stereocenters. The van der Waals surface area contributed by atoms with Crippen LogP contribution in [0.5, 0.6) is 5.95 Å². The number of hydrogen-bond donors (Lipinski definition) is 1. The predicted molar refractivity (Wildman–Crippen MR) is 61.1 cm³/mol. The molecule has 0 aliphatic heterocycles. The van der Waals surface area contributed by atoms with Crippen molar-refractivity contribution in [3.8, 4) is 5.95 Å². The SMILES string of the molecule is COc1oc2ccc(Br)cc2c(=O)c1N. The van der Waals surface area contributed by atoms with E-state index in [4.69, 9.17) is 14.9 Å². The van der Waals surface area contributed by atoms with Gasteiger partial charge in [-0.2, -0.15) is 0 Å². The Balaban J connectivity index is 2.91. The number of hydrogen-bond acceptors (Lipinski definition) is 4. The minimum atomic E-state index is -0.283. The quantitative estimate of drug-likeness (QED) is 0.862. The van der Waals surface area contributed by atoms with Crippen LogP contribution in [0.3, 0.4) is 0 Å². The Hall–Kier alpha value is -1.49. The number of fused-ring (bicyclic) bond motifs is 1. The van der Waals surface area contributed by atoms with Gasteiger partial charge < -0.3 is 14.9 Å². The first kappa shape index (κ1) is 10.0. The van der Waals surface area contributed by atoms with Gasteiger partial charge in [0.25, 0.3) is 0 Å². The lowest BCUT2D eigenvalue weighted by Gasteiger charge is -2.04. The third-order valence-electron chi connectivity index (χ3n) is 2.04. The first-order chi connectivity index (χ1) is 7.13. The predicted octanol–water partition coefficient (Wildman–Crippen LogP) is 2.15. The fourth-order valence-electron chi connectivity index (χ4n) is 1.31. The summed E-state index contributed by atoms with van der Waals surface area (Å²) in [7, 11) is 1.40. The second-order valence-electron chi connectivity index (χ2n) is 2.98. The van der Waals surface area contributed by atoms with Crippen molar-refractivity contribution in [2.45, 2.75) is 0 Å². The van der Waals surface area contributed by atoms with Crippen LogP contribution in [0.1, 0.15) is 0 Å². The minimum absolute atomic E-state index is 0.0110. The molecule has 2 rings (SSSR count). The highest BCUT2D eigenvalue weighted by Gasteiger charge is 2.11. The second kappa shape index (κ2) is 3.58. The number of benzene rings is 1. The van der Waals surface area contributed by atoms with E-state index in [0.29, 0.717) is 11.0 Å². The van der Waals surface area contributed by atoms with Crippen LogP contribution in [0.4, 0.5) is 5.69 Å². The second-order valence-corrected chi connectivity index (χ2v) is 3.89. The molecule has 0 radical (unpaired) electrons. The standard InChI is InChI=1S/C10H8BrNO3/c1-14-10-8(12)9(13)6-4-5(11)2-3-7(6)15-10/h2-4H,12H2,1H3. The number of rotatable bonds is 1. The highest BCUT2D eigenvalue weighted by Crippen LogP contribution is 2.25. The minimum Gasteiger partial charge on any atom is -0.467 e. The van der Waals surface area contributed by atoms with E-state index in [1.54, 1.807) is 18.2 Å². The van der Waals surface area contributed by atoms with Gasteiger partial charge in [-0.25, -0.2) is 0 Å². The van der Waals surface area contributed by atoms with Gasteiger partial charge in [0.2, 0.25) is 5.43 Å². The molecular weight excluding hydrogens is 262 g/mol. The van der Waals surface area contributed by atoms with Crippen molar-refractivity contribution in [2.24, 2.45) is 0 Å². The molecule has 15 heavy (non-hydrogen) atoms. The Morgan fingerprint density at radius 1 is 1.47 bits per heavy atom. The van der Waals surface area contributed by atoms with Gasteiger partial charge in [-0.05, 0) is 18.2 Å². The van der Waals surface area contributed by atoms with Crippen LogP contribution in [-0.4, -0.2) is 7.11 Å². The third-order valence-corrected chi connectivity index (χ3v) is 2.53. The maximum Gasteiger partial charge on any atom is 0.312 e. The summed E-state index contributed by atoms with van der Waals surface area (Å²) >= 11 is 3.27. The summed E-state index contributed by atoms with van der Waals surface area (Å²) in [5.41, 5.74) is 5.72. The van der Waals surface area contributed by atoms with Gasteiger partial charge in [-0.1, -0.05) is 15.9 Å². The molecule has 4 nitrogen and oxygen atoms in total. The van der Waals surface area contributed by atoms with E-state index >= 15 is 0 Å². The lowest BCUT2D eigenvalue weighted by molar-refractivity contribution is 0.313. The molecule has 0 fully saturated rings. The van der Waals surface area contributed by atoms with Crippen LogP contribution in [0.25, 0.3) is 11.0 Å². The zero-order chi connectivity index (χ0) is 11.0. The molecule has 1 aromatic heterocycles. The maximum absolute atomic E-state index is 11.8. The van der Waals surface area contributed by atoms with Crippen molar-refractivity contribution >= 4 is 32.6 Å². The molecule has 2 aromatic rings. The van der Waals surface area contributed by atoms with Gasteiger partial charge in [0.1, 0.15) is 5.58 Å². The normalized spacial score (nSPS) is 10.5. The van der Waals surface area contributed by atoms with Crippen molar-refractivity contribution in [2.75, 3.05) is 12.8 Å². The Bertz CT molecular complexity index is 577. The van der Waals surface area contributed by atoms with Crippen LogP contribution < -0.4 is 15.9 Å². The first-order valence-electron chi connectivity index (χ1n) is 4.19. The number of anilines is 1. The third kappa shape index (κ3) is 1.59. The summed E-state index contributed by atoms with van der Waals surface area (Å²) < 4.78 is 11.0. The molecule has 0 aliphatic rings.